The van der Waals surface area contributed by atoms with Gasteiger partial charge in [0, 0.05) is 40.0 Å². The molecule has 49 heavy (non-hydrogen) atoms. The van der Waals surface area contributed by atoms with Gasteiger partial charge in [0.25, 0.3) is 0 Å². The summed E-state index contributed by atoms with van der Waals surface area (Å²) in [6.07, 6.45) is -7.86. The number of aliphatic hydroxyl groups is 4. The van der Waals surface area contributed by atoms with Crippen molar-refractivity contribution in [1.82, 2.24) is 0 Å². The molecule has 11 atom stereocenters. The number of rotatable bonds is 9. The fourth-order valence-corrected chi connectivity index (χ4v) is 7.24. The van der Waals surface area contributed by atoms with Crippen molar-refractivity contribution in [2.24, 2.45) is 23.2 Å². The Bertz CT molecular complexity index is 1390. The topological polar surface area (TPSA) is 239 Å². The van der Waals surface area contributed by atoms with Gasteiger partial charge in [0.15, 0.2) is 30.0 Å². The molecule has 0 radical (unpaired) electrons. The minimum atomic E-state index is -2.89. The fourth-order valence-electron chi connectivity index (χ4n) is 7.24. The minimum Gasteiger partial charge on any atom is -0.459 e. The number of carbonyl (C=O) groups is 6. The van der Waals surface area contributed by atoms with E-state index in [4.69, 9.17) is 28.4 Å². The van der Waals surface area contributed by atoms with Crippen molar-refractivity contribution in [3.63, 3.8) is 0 Å². The van der Waals surface area contributed by atoms with Crippen molar-refractivity contribution < 1.29 is 77.6 Å². The molecule has 1 saturated carbocycles. The number of fused-ring (bicyclic) bond motifs is 2. The van der Waals surface area contributed by atoms with Crippen LogP contribution in [0.25, 0.3) is 0 Å². The summed E-state index contributed by atoms with van der Waals surface area (Å²) in [5, 5.41) is 46.8. The summed E-state index contributed by atoms with van der Waals surface area (Å²) < 4.78 is 34.1. The lowest BCUT2D eigenvalue weighted by Gasteiger charge is -2.62. The van der Waals surface area contributed by atoms with Gasteiger partial charge in [-0.3, -0.25) is 28.8 Å². The van der Waals surface area contributed by atoms with Crippen LogP contribution < -0.4 is 0 Å². The fraction of sp³-hybridized carbons (Fsp3) is 0.697. The summed E-state index contributed by atoms with van der Waals surface area (Å²) in [7, 11) is 0. The third-order valence-corrected chi connectivity index (χ3v) is 9.33. The summed E-state index contributed by atoms with van der Waals surface area (Å²) >= 11 is 0. The van der Waals surface area contributed by atoms with E-state index in [0.29, 0.717) is 0 Å². The van der Waals surface area contributed by atoms with E-state index in [2.05, 4.69) is 0 Å². The van der Waals surface area contributed by atoms with Gasteiger partial charge in [0.05, 0.1) is 24.5 Å². The van der Waals surface area contributed by atoms with Gasteiger partial charge in [-0.2, -0.15) is 0 Å². The summed E-state index contributed by atoms with van der Waals surface area (Å²) in [6.45, 7) is 7.86. The van der Waals surface area contributed by atoms with Crippen molar-refractivity contribution in [3.05, 3.63) is 23.8 Å². The molecule has 4 N–H and O–H groups in total. The Morgan fingerprint density at radius 3 is 1.90 bits per heavy atom. The van der Waals surface area contributed by atoms with Crippen LogP contribution in [0.3, 0.4) is 0 Å². The number of hydrogen-bond acceptors (Lipinski definition) is 16. The second-order valence-corrected chi connectivity index (χ2v) is 13.4. The average molecular weight is 699 g/mol. The molecule has 0 aromatic heterocycles. The molecule has 2 aliphatic carbocycles. The van der Waals surface area contributed by atoms with Crippen LogP contribution in [0.5, 0.6) is 0 Å². The first-order valence-corrected chi connectivity index (χ1v) is 15.8. The maximum atomic E-state index is 13.3. The Hall–Kier alpha value is -3.86. The Morgan fingerprint density at radius 2 is 1.41 bits per heavy atom. The lowest BCUT2D eigenvalue weighted by molar-refractivity contribution is -0.322. The van der Waals surface area contributed by atoms with Crippen LogP contribution in [-0.4, -0.2) is 117 Å². The van der Waals surface area contributed by atoms with Crippen LogP contribution in [0.15, 0.2) is 23.8 Å². The minimum absolute atomic E-state index is 0.0281. The van der Waals surface area contributed by atoms with Crippen LogP contribution in [0.1, 0.15) is 61.8 Å². The van der Waals surface area contributed by atoms with Crippen LogP contribution >= 0.6 is 0 Å². The number of esters is 6. The van der Waals surface area contributed by atoms with Gasteiger partial charge in [0.1, 0.15) is 17.8 Å². The normalized spacial score (nSPS) is 38.8. The zero-order valence-corrected chi connectivity index (χ0v) is 28.7. The lowest BCUT2D eigenvalue weighted by Crippen LogP contribution is -2.79. The zero-order valence-electron chi connectivity index (χ0n) is 28.7. The predicted molar refractivity (Wildman–Crippen MR) is 163 cm³/mol. The van der Waals surface area contributed by atoms with E-state index in [1.807, 2.05) is 0 Å². The van der Waals surface area contributed by atoms with E-state index >= 15 is 0 Å². The molecule has 1 heterocycles. The monoisotopic (exact) mass is 698 g/mol. The summed E-state index contributed by atoms with van der Waals surface area (Å²) in [4.78, 5) is 77.4. The molecule has 274 valence electrons. The number of hydrogen-bond donors (Lipinski definition) is 4. The number of carbonyl (C=O) groups excluding carboxylic acids is 6. The highest BCUT2D eigenvalue weighted by atomic mass is 16.6. The molecule has 0 aromatic carbocycles. The first kappa shape index (κ1) is 39.6. The molecule has 0 unspecified atom stereocenters. The molecular formula is C33H46O16. The lowest BCUT2D eigenvalue weighted by atomic mass is 9.50. The molecule has 3 rings (SSSR count). The van der Waals surface area contributed by atoms with Gasteiger partial charge in [-0.05, 0) is 30.6 Å². The molecule has 1 aliphatic heterocycles. The SMILES string of the molecule is CC(=O)O[C@H]1[C@@H](OC(=O)CC(C)C)[C@](O)(CO)[C@@H]2[C@H](OC(C)=O)[C@@]3(O)[C@H](/C=C(CO)\C=C/[C@H](OC(C)=O)[C@@]2(C)[C@H]1OC(C)=O)OC(=O)[C@@H]3C. The highest BCUT2D eigenvalue weighted by Gasteiger charge is 2.76. The predicted octanol–water partition coefficient (Wildman–Crippen LogP) is -0.188. The Balaban J connectivity index is 2.62. The van der Waals surface area contributed by atoms with Gasteiger partial charge in [-0.1, -0.05) is 26.8 Å². The third kappa shape index (κ3) is 7.51. The summed E-state index contributed by atoms with van der Waals surface area (Å²) in [6, 6.07) is 0. The molecular weight excluding hydrogens is 652 g/mol. The van der Waals surface area contributed by atoms with Crippen molar-refractivity contribution in [2.45, 2.75) is 110 Å². The first-order chi connectivity index (χ1) is 22.7. The van der Waals surface area contributed by atoms with Crippen molar-refractivity contribution in [2.75, 3.05) is 13.2 Å². The molecule has 0 amide bonds. The number of ether oxygens (including phenoxy) is 6. The summed E-state index contributed by atoms with van der Waals surface area (Å²) in [5.41, 5.74) is -7.68. The maximum absolute atomic E-state index is 13.3. The quantitative estimate of drug-likeness (QED) is 0.180. The molecule has 3 aliphatic rings. The van der Waals surface area contributed by atoms with E-state index in [-0.39, 0.29) is 17.9 Å². The first-order valence-electron chi connectivity index (χ1n) is 15.8. The van der Waals surface area contributed by atoms with Gasteiger partial charge >= 0.3 is 35.8 Å². The van der Waals surface area contributed by atoms with E-state index in [9.17, 15) is 49.2 Å². The second-order valence-electron chi connectivity index (χ2n) is 13.4. The van der Waals surface area contributed by atoms with Gasteiger partial charge in [-0.15, -0.1) is 0 Å². The number of aliphatic hydroxyl groups excluding tert-OH is 2. The largest absolute Gasteiger partial charge is 0.459 e. The molecule has 0 aromatic rings. The van der Waals surface area contributed by atoms with Crippen LogP contribution in [0.2, 0.25) is 0 Å². The highest BCUT2D eigenvalue weighted by Crippen LogP contribution is 2.58. The van der Waals surface area contributed by atoms with E-state index in [1.54, 1.807) is 13.8 Å². The summed E-state index contributed by atoms with van der Waals surface area (Å²) in [5.74, 6) is -9.68. The smallest absolute Gasteiger partial charge is 0.312 e. The van der Waals surface area contributed by atoms with E-state index in [0.717, 1.165) is 27.7 Å². The van der Waals surface area contributed by atoms with Crippen molar-refractivity contribution in [3.8, 4) is 0 Å². The molecule has 2 fully saturated rings. The standard InChI is InChI=1S/C33H46O16/c1-15(2)11-24(40)49-28-25(45-18(5)37)27(46-19(6)38)31(8)22(44-17(4)36)10-9-21(13-34)12-23-33(43,16(3)30(41)48-23)29(47-20(7)39)26(31)32(28,42)14-35/h9-10,12,15-16,22-23,25-29,34-35,42-43H,11,13-14H2,1-8H3/b10-9-,21-12+/t16-,22-,23-,25+,26+,27-,28+,29-,31+,32-,33-/m0/s1. The van der Waals surface area contributed by atoms with Crippen LogP contribution in [0, 0.1) is 23.2 Å². The van der Waals surface area contributed by atoms with Gasteiger partial charge in [0.2, 0.25) is 0 Å². The third-order valence-electron chi connectivity index (χ3n) is 9.33. The van der Waals surface area contributed by atoms with Gasteiger partial charge < -0.3 is 48.8 Å². The Morgan fingerprint density at radius 1 is 0.857 bits per heavy atom. The zero-order chi connectivity index (χ0) is 37.2. The molecule has 1 saturated heterocycles. The maximum Gasteiger partial charge on any atom is 0.312 e. The van der Waals surface area contributed by atoms with Crippen LogP contribution in [0.4, 0.5) is 0 Å². The Labute approximate surface area is 283 Å². The highest BCUT2D eigenvalue weighted by molar-refractivity contribution is 5.78. The Kier molecular flexibility index (Phi) is 12.1. The van der Waals surface area contributed by atoms with Crippen molar-refractivity contribution in [1.29, 1.82) is 0 Å². The second kappa shape index (κ2) is 14.9. The molecule has 16 heteroatoms. The van der Waals surface area contributed by atoms with Gasteiger partial charge in [-0.25, -0.2) is 0 Å². The average Bonchev–Trinajstić information content (AvgIpc) is 3.20. The van der Waals surface area contributed by atoms with E-state index < -0.39 is 114 Å². The van der Waals surface area contributed by atoms with E-state index in [1.165, 1.54) is 32.1 Å². The molecule has 0 bridgehead atoms. The van der Waals surface area contributed by atoms with Crippen molar-refractivity contribution >= 4 is 35.8 Å². The van der Waals surface area contributed by atoms with Crippen LogP contribution in [-0.2, 0) is 57.2 Å². The molecule has 0 spiro atoms. The molecule has 16 nitrogen and oxygen atoms in total.